The fraction of sp³-hybridized carbons (Fsp3) is 0.111. The van der Waals surface area contributed by atoms with Gasteiger partial charge in [0.2, 0.25) is 0 Å². The molecule has 0 radical (unpaired) electrons. The van der Waals surface area contributed by atoms with Crippen LogP contribution in [0.1, 0.15) is 16.7 Å². The van der Waals surface area contributed by atoms with Crippen molar-refractivity contribution in [2.75, 3.05) is 0 Å². The lowest BCUT2D eigenvalue weighted by Crippen LogP contribution is -2.25. The van der Waals surface area contributed by atoms with Gasteiger partial charge in [-0.2, -0.15) is 0 Å². The smallest absolute Gasteiger partial charge is 0.0109 e. The molecule has 0 aliphatic heterocycles. The average Bonchev–Trinajstić information content (AvgIpc) is 2.37. The molecule has 90 valence electrons. The summed E-state index contributed by atoms with van der Waals surface area (Å²) < 4.78 is 0. The number of hydrogen-bond acceptors (Lipinski definition) is 0. The van der Waals surface area contributed by atoms with Crippen molar-refractivity contribution in [1.29, 1.82) is 0 Å². The Morgan fingerprint density at radius 3 is 2.39 bits per heavy atom. The zero-order valence-electron chi connectivity index (χ0n) is 11.0. The van der Waals surface area contributed by atoms with E-state index in [1.807, 2.05) is 24.3 Å². The van der Waals surface area contributed by atoms with Gasteiger partial charge < -0.3 is 0 Å². The summed E-state index contributed by atoms with van der Waals surface area (Å²) in [6.45, 7) is 12.3. The lowest BCUT2D eigenvalue weighted by atomic mass is 9.95. The number of rotatable bonds is 2. The van der Waals surface area contributed by atoms with Crippen molar-refractivity contribution in [2.24, 2.45) is 0 Å². The number of benzene rings is 2. The van der Waals surface area contributed by atoms with Crippen molar-refractivity contribution in [3.05, 3.63) is 82.2 Å². The molecule has 0 heterocycles. The largest absolute Gasteiger partial charge is 0.0984 e. The first kappa shape index (κ1) is 12.4. The molecular weight excluding hydrogens is 216 g/mol. The minimum absolute atomic E-state index is 1.04. The highest BCUT2D eigenvalue weighted by molar-refractivity contribution is 5.75. The molecule has 0 heteroatoms. The minimum Gasteiger partial charge on any atom is -0.0984 e. The van der Waals surface area contributed by atoms with Crippen LogP contribution in [0.2, 0.25) is 0 Å². The molecule has 0 bridgehead atoms. The van der Waals surface area contributed by atoms with Crippen molar-refractivity contribution in [1.82, 2.24) is 0 Å². The van der Waals surface area contributed by atoms with Crippen molar-refractivity contribution in [3.63, 3.8) is 0 Å². The molecule has 0 atom stereocenters. The quantitative estimate of drug-likeness (QED) is 0.749. The van der Waals surface area contributed by atoms with Crippen molar-refractivity contribution >= 4 is 12.2 Å². The maximum atomic E-state index is 4.10. The molecular formula is C18H18. The summed E-state index contributed by atoms with van der Waals surface area (Å²) in [6, 6.07) is 14.5. The Morgan fingerprint density at radius 2 is 1.72 bits per heavy atom. The van der Waals surface area contributed by atoms with Crippen LogP contribution in [0.4, 0.5) is 0 Å². The van der Waals surface area contributed by atoms with Crippen LogP contribution in [-0.2, 0) is 0 Å². The van der Waals surface area contributed by atoms with Gasteiger partial charge in [0, 0.05) is 0 Å². The minimum atomic E-state index is 1.04. The first-order valence-corrected chi connectivity index (χ1v) is 6.12. The second-order valence-electron chi connectivity index (χ2n) is 4.52. The van der Waals surface area contributed by atoms with Crippen LogP contribution in [0.25, 0.3) is 12.2 Å². The normalized spacial score (nSPS) is 12.1. The van der Waals surface area contributed by atoms with Gasteiger partial charge in [0.1, 0.15) is 0 Å². The molecule has 0 saturated heterocycles. The van der Waals surface area contributed by atoms with E-state index in [1.54, 1.807) is 0 Å². The fourth-order valence-corrected chi connectivity index (χ4v) is 2.19. The molecule has 0 fully saturated rings. The lowest BCUT2D eigenvalue weighted by molar-refractivity contribution is 1.31. The van der Waals surface area contributed by atoms with Gasteiger partial charge in [-0.15, -0.1) is 0 Å². The highest BCUT2D eigenvalue weighted by atomic mass is 14.1. The Bertz CT molecular complexity index is 690. The fourth-order valence-electron chi connectivity index (χ4n) is 2.19. The topological polar surface area (TPSA) is 0 Å². The van der Waals surface area contributed by atoms with Crippen molar-refractivity contribution in [2.45, 2.75) is 13.8 Å². The molecule has 2 aromatic rings. The molecule has 18 heavy (non-hydrogen) atoms. The highest BCUT2D eigenvalue weighted by Crippen LogP contribution is 2.19. The lowest BCUT2D eigenvalue weighted by Gasteiger charge is -2.10. The van der Waals surface area contributed by atoms with Crippen LogP contribution in [-0.4, -0.2) is 0 Å². The summed E-state index contributed by atoms with van der Waals surface area (Å²) in [6.07, 6.45) is 1.92. The highest BCUT2D eigenvalue weighted by Gasteiger charge is 2.04. The third kappa shape index (κ3) is 2.14. The first-order valence-electron chi connectivity index (χ1n) is 6.12. The third-order valence-corrected chi connectivity index (χ3v) is 3.41. The third-order valence-electron chi connectivity index (χ3n) is 3.41. The van der Waals surface area contributed by atoms with Crippen LogP contribution >= 0.6 is 0 Å². The van der Waals surface area contributed by atoms with Gasteiger partial charge in [-0.25, -0.2) is 0 Å². The summed E-state index contributed by atoms with van der Waals surface area (Å²) in [7, 11) is 0. The van der Waals surface area contributed by atoms with E-state index in [9.17, 15) is 0 Å². The van der Waals surface area contributed by atoms with E-state index >= 15 is 0 Å². The Labute approximate surface area is 109 Å². The van der Waals surface area contributed by atoms with E-state index in [0.29, 0.717) is 0 Å². The molecule has 0 aliphatic rings. The van der Waals surface area contributed by atoms with Gasteiger partial charge in [-0.05, 0) is 46.5 Å². The number of aryl methyl sites for hydroxylation is 1. The SMILES string of the molecule is C=C/C(c1cccc(C)c1C)=c1/ccccc1=C. The van der Waals surface area contributed by atoms with Crippen LogP contribution in [0.15, 0.2) is 55.1 Å². The van der Waals surface area contributed by atoms with E-state index < -0.39 is 0 Å². The summed E-state index contributed by atoms with van der Waals surface area (Å²) in [4.78, 5) is 0. The average molecular weight is 234 g/mol. The Hall–Kier alpha value is -2.08. The van der Waals surface area contributed by atoms with Crippen molar-refractivity contribution in [3.8, 4) is 0 Å². The van der Waals surface area contributed by atoms with E-state index in [-0.39, 0.29) is 0 Å². The van der Waals surface area contributed by atoms with Crippen LogP contribution < -0.4 is 10.4 Å². The molecule has 0 unspecified atom stereocenters. The van der Waals surface area contributed by atoms with E-state index in [1.165, 1.54) is 16.7 Å². The standard InChI is InChI=1S/C18H18/c1-5-16(17-11-7-6-9-14(17)3)18-12-8-10-13(2)15(18)4/h5-12H,1,3H2,2,4H3/b17-16+. The van der Waals surface area contributed by atoms with Gasteiger partial charge in [0.25, 0.3) is 0 Å². The Kier molecular flexibility index (Phi) is 3.47. The molecule has 0 N–H and O–H groups in total. The summed E-state index contributed by atoms with van der Waals surface area (Å²) in [5.41, 5.74) is 4.99. The van der Waals surface area contributed by atoms with E-state index in [4.69, 9.17) is 0 Å². The van der Waals surface area contributed by atoms with Crippen LogP contribution in [0.3, 0.4) is 0 Å². The molecule has 0 saturated carbocycles. The van der Waals surface area contributed by atoms with Crippen LogP contribution in [0, 0.1) is 13.8 Å². The van der Waals surface area contributed by atoms with E-state index in [2.05, 4.69) is 51.3 Å². The predicted octanol–water partition coefficient (Wildman–Crippen LogP) is 3.10. The predicted molar refractivity (Wildman–Crippen MR) is 79.8 cm³/mol. The Balaban J connectivity index is 2.87. The zero-order chi connectivity index (χ0) is 13.1. The van der Waals surface area contributed by atoms with E-state index in [0.717, 1.165) is 16.0 Å². The van der Waals surface area contributed by atoms with Crippen LogP contribution in [0.5, 0.6) is 0 Å². The molecule has 2 aromatic carbocycles. The molecule has 0 aliphatic carbocycles. The summed E-state index contributed by atoms with van der Waals surface area (Å²) in [5.74, 6) is 0. The first-order chi connectivity index (χ1) is 8.65. The molecule has 0 aromatic heterocycles. The number of allylic oxidation sites excluding steroid dienone is 1. The molecule has 0 amide bonds. The molecule has 2 rings (SSSR count). The van der Waals surface area contributed by atoms with Gasteiger partial charge in [-0.1, -0.05) is 61.7 Å². The maximum Gasteiger partial charge on any atom is -0.0109 e. The van der Waals surface area contributed by atoms with Gasteiger partial charge in [-0.3, -0.25) is 0 Å². The maximum absolute atomic E-state index is 4.10. The monoisotopic (exact) mass is 234 g/mol. The number of hydrogen-bond donors (Lipinski definition) is 0. The zero-order valence-corrected chi connectivity index (χ0v) is 11.0. The molecule has 0 spiro atoms. The van der Waals surface area contributed by atoms with Crippen molar-refractivity contribution < 1.29 is 0 Å². The Morgan fingerprint density at radius 1 is 1.00 bits per heavy atom. The second-order valence-corrected chi connectivity index (χ2v) is 4.52. The summed E-state index contributed by atoms with van der Waals surface area (Å²) in [5, 5.41) is 2.19. The summed E-state index contributed by atoms with van der Waals surface area (Å²) >= 11 is 0. The van der Waals surface area contributed by atoms with Gasteiger partial charge in [0.15, 0.2) is 0 Å². The second kappa shape index (κ2) is 5.05. The molecule has 0 nitrogen and oxygen atoms in total. The van der Waals surface area contributed by atoms with Gasteiger partial charge >= 0.3 is 0 Å². The van der Waals surface area contributed by atoms with Gasteiger partial charge in [0.05, 0.1) is 0 Å².